The SMILES string of the molecule is CCCCNC(=O)c1cccc(NC(=S)NC(=O)Cc2ccc(Cl)cc2)c1. The van der Waals surface area contributed by atoms with Crippen LogP contribution in [0.1, 0.15) is 35.7 Å². The van der Waals surface area contributed by atoms with Crippen LogP contribution < -0.4 is 16.0 Å². The number of halogens is 1. The van der Waals surface area contributed by atoms with E-state index >= 15 is 0 Å². The van der Waals surface area contributed by atoms with Crippen molar-refractivity contribution in [2.75, 3.05) is 11.9 Å². The predicted octanol–water partition coefficient (Wildman–Crippen LogP) is 3.93. The summed E-state index contributed by atoms with van der Waals surface area (Å²) in [5, 5.41) is 9.22. The van der Waals surface area contributed by atoms with E-state index < -0.39 is 0 Å². The zero-order valence-corrected chi connectivity index (χ0v) is 16.6. The molecule has 27 heavy (non-hydrogen) atoms. The highest BCUT2D eigenvalue weighted by Gasteiger charge is 2.09. The molecule has 0 aromatic heterocycles. The number of benzene rings is 2. The number of hydrogen-bond acceptors (Lipinski definition) is 3. The topological polar surface area (TPSA) is 70.2 Å². The van der Waals surface area contributed by atoms with E-state index in [1.807, 2.05) is 0 Å². The van der Waals surface area contributed by atoms with Crippen molar-refractivity contribution in [2.24, 2.45) is 0 Å². The zero-order chi connectivity index (χ0) is 19.6. The molecule has 0 aliphatic carbocycles. The Morgan fingerprint density at radius 3 is 2.56 bits per heavy atom. The molecule has 0 saturated heterocycles. The van der Waals surface area contributed by atoms with Gasteiger partial charge in [0.2, 0.25) is 5.91 Å². The molecule has 0 heterocycles. The molecule has 3 N–H and O–H groups in total. The Labute approximate surface area is 169 Å². The van der Waals surface area contributed by atoms with Gasteiger partial charge in [-0.3, -0.25) is 9.59 Å². The summed E-state index contributed by atoms with van der Waals surface area (Å²) in [5.74, 6) is -0.368. The van der Waals surface area contributed by atoms with Crippen molar-refractivity contribution in [3.05, 3.63) is 64.7 Å². The van der Waals surface area contributed by atoms with Crippen LogP contribution in [0.4, 0.5) is 5.69 Å². The van der Waals surface area contributed by atoms with E-state index in [2.05, 4.69) is 22.9 Å². The van der Waals surface area contributed by atoms with Gasteiger partial charge in [-0.1, -0.05) is 43.1 Å². The van der Waals surface area contributed by atoms with Gasteiger partial charge in [0.05, 0.1) is 6.42 Å². The molecule has 2 aromatic carbocycles. The molecule has 0 fully saturated rings. The number of anilines is 1. The molecule has 2 amide bonds. The summed E-state index contributed by atoms with van der Waals surface area (Å²) in [6.45, 7) is 2.71. The summed E-state index contributed by atoms with van der Waals surface area (Å²) in [5.41, 5.74) is 2.01. The number of hydrogen-bond donors (Lipinski definition) is 3. The highest BCUT2D eigenvalue weighted by molar-refractivity contribution is 7.80. The van der Waals surface area contributed by atoms with E-state index in [1.165, 1.54) is 0 Å². The van der Waals surface area contributed by atoms with Crippen molar-refractivity contribution in [3.8, 4) is 0 Å². The van der Waals surface area contributed by atoms with Crippen molar-refractivity contribution in [3.63, 3.8) is 0 Å². The predicted molar refractivity (Wildman–Crippen MR) is 113 cm³/mol. The van der Waals surface area contributed by atoms with Crippen LogP contribution in [-0.2, 0) is 11.2 Å². The van der Waals surface area contributed by atoms with Crippen LogP contribution in [0.15, 0.2) is 48.5 Å². The van der Waals surface area contributed by atoms with Gasteiger partial charge in [-0.05, 0) is 54.5 Å². The quantitative estimate of drug-likeness (QED) is 0.484. The van der Waals surface area contributed by atoms with Crippen molar-refractivity contribution in [1.29, 1.82) is 0 Å². The number of nitrogens with one attached hydrogen (secondary N) is 3. The van der Waals surface area contributed by atoms with Gasteiger partial charge in [-0.15, -0.1) is 0 Å². The third-order valence-corrected chi connectivity index (χ3v) is 4.19. The van der Waals surface area contributed by atoms with Crippen LogP contribution in [-0.4, -0.2) is 23.5 Å². The number of carbonyl (C=O) groups is 2. The van der Waals surface area contributed by atoms with E-state index in [0.29, 0.717) is 22.8 Å². The number of carbonyl (C=O) groups excluding carboxylic acids is 2. The molecule has 0 aliphatic heterocycles. The molecular weight excluding hydrogens is 382 g/mol. The second kappa shape index (κ2) is 10.6. The Balaban J connectivity index is 1.87. The molecule has 2 rings (SSSR count). The second-order valence-electron chi connectivity index (χ2n) is 6.00. The van der Waals surface area contributed by atoms with E-state index in [9.17, 15) is 9.59 Å². The molecular formula is C20H22ClN3O2S. The zero-order valence-electron chi connectivity index (χ0n) is 15.0. The minimum absolute atomic E-state index is 0.134. The molecule has 5 nitrogen and oxygen atoms in total. The molecule has 0 spiro atoms. The molecule has 0 aliphatic rings. The second-order valence-corrected chi connectivity index (χ2v) is 6.84. The summed E-state index contributed by atoms with van der Waals surface area (Å²) in [7, 11) is 0. The summed E-state index contributed by atoms with van der Waals surface area (Å²) in [4.78, 5) is 24.2. The smallest absolute Gasteiger partial charge is 0.251 e. The highest BCUT2D eigenvalue weighted by atomic mass is 35.5. The van der Waals surface area contributed by atoms with E-state index in [4.69, 9.17) is 23.8 Å². The summed E-state index contributed by atoms with van der Waals surface area (Å²) in [6, 6.07) is 14.0. The van der Waals surface area contributed by atoms with Gasteiger partial charge in [0.15, 0.2) is 5.11 Å². The van der Waals surface area contributed by atoms with Crippen molar-refractivity contribution in [1.82, 2.24) is 10.6 Å². The third kappa shape index (κ3) is 7.37. The molecule has 0 bridgehead atoms. The van der Waals surface area contributed by atoms with Crippen LogP contribution in [0, 0.1) is 0 Å². The molecule has 0 radical (unpaired) electrons. The van der Waals surface area contributed by atoms with E-state index in [1.54, 1.807) is 48.5 Å². The standard InChI is InChI=1S/C20H22ClN3O2S/c1-2-3-11-22-19(26)15-5-4-6-17(13-15)23-20(27)24-18(25)12-14-7-9-16(21)10-8-14/h4-10,13H,2-3,11-12H2,1H3,(H,22,26)(H2,23,24,25,27). The highest BCUT2D eigenvalue weighted by Crippen LogP contribution is 2.12. The Morgan fingerprint density at radius 1 is 1.11 bits per heavy atom. The average Bonchev–Trinajstić information content (AvgIpc) is 2.63. The molecule has 0 atom stereocenters. The molecule has 2 aromatic rings. The lowest BCUT2D eigenvalue weighted by molar-refractivity contribution is -0.119. The maximum atomic E-state index is 12.1. The van der Waals surface area contributed by atoms with E-state index in [-0.39, 0.29) is 23.3 Å². The lowest BCUT2D eigenvalue weighted by atomic mass is 10.1. The van der Waals surface area contributed by atoms with Gasteiger partial charge in [0.25, 0.3) is 5.91 Å². The van der Waals surface area contributed by atoms with E-state index in [0.717, 1.165) is 18.4 Å². The van der Waals surface area contributed by atoms with Crippen LogP contribution >= 0.6 is 23.8 Å². The van der Waals surface area contributed by atoms with Crippen molar-refractivity contribution < 1.29 is 9.59 Å². The number of rotatable bonds is 7. The first kappa shape index (κ1) is 20.9. The first-order valence-corrected chi connectivity index (χ1v) is 9.50. The van der Waals surface area contributed by atoms with Crippen LogP contribution in [0.2, 0.25) is 5.02 Å². The van der Waals surface area contributed by atoms with Crippen LogP contribution in [0.25, 0.3) is 0 Å². The van der Waals surface area contributed by atoms with Crippen LogP contribution in [0.5, 0.6) is 0 Å². The Morgan fingerprint density at radius 2 is 1.85 bits per heavy atom. The minimum atomic E-state index is -0.233. The van der Waals surface area contributed by atoms with Crippen molar-refractivity contribution >= 4 is 46.4 Å². The summed E-state index contributed by atoms with van der Waals surface area (Å²) >= 11 is 11.0. The Hall–Kier alpha value is -2.44. The third-order valence-electron chi connectivity index (χ3n) is 3.73. The van der Waals surface area contributed by atoms with Gasteiger partial charge in [0, 0.05) is 22.8 Å². The first-order chi connectivity index (χ1) is 13.0. The molecule has 0 saturated carbocycles. The normalized spacial score (nSPS) is 10.1. The largest absolute Gasteiger partial charge is 0.352 e. The maximum absolute atomic E-state index is 12.1. The number of unbranched alkanes of at least 4 members (excludes halogenated alkanes) is 1. The summed E-state index contributed by atoms with van der Waals surface area (Å²) in [6.07, 6.45) is 2.15. The fourth-order valence-corrected chi connectivity index (χ4v) is 2.70. The van der Waals surface area contributed by atoms with Gasteiger partial charge >= 0.3 is 0 Å². The summed E-state index contributed by atoms with van der Waals surface area (Å²) < 4.78 is 0. The lowest BCUT2D eigenvalue weighted by Crippen LogP contribution is -2.35. The maximum Gasteiger partial charge on any atom is 0.251 e. The minimum Gasteiger partial charge on any atom is -0.352 e. The fourth-order valence-electron chi connectivity index (χ4n) is 2.34. The Kier molecular flexibility index (Phi) is 8.23. The fraction of sp³-hybridized carbons (Fsp3) is 0.250. The monoisotopic (exact) mass is 403 g/mol. The average molecular weight is 404 g/mol. The van der Waals surface area contributed by atoms with Gasteiger partial charge in [-0.2, -0.15) is 0 Å². The van der Waals surface area contributed by atoms with Gasteiger partial charge < -0.3 is 16.0 Å². The molecule has 7 heteroatoms. The Bertz CT molecular complexity index is 809. The molecule has 142 valence electrons. The number of amides is 2. The van der Waals surface area contributed by atoms with Crippen LogP contribution in [0.3, 0.4) is 0 Å². The lowest BCUT2D eigenvalue weighted by Gasteiger charge is -2.11. The number of thiocarbonyl (C=S) groups is 1. The first-order valence-electron chi connectivity index (χ1n) is 8.71. The van der Waals surface area contributed by atoms with Gasteiger partial charge in [0.1, 0.15) is 0 Å². The van der Waals surface area contributed by atoms with Gasteiger partial charge in [-0.25, -0.2) is 0 Å². The van der Waals surface area contributed by atoms with Crippen molar-refractivity contribution in [2.45, 2.75) is 26.2 Å². The molecule has 0 unspecified atom stereocenters.